The van der Waals surface area contributed by atoms with E-state index in [-0.39, 0.29) is 29.8 Å². The first kappa shape index (κ1) is 21.6. The maximum atomic E-state index is 13.7. The molecule has 0 saturated carbocycles. The Labute approximate surface area is 183 Å². The lowest BCUT2D eigenvalue weighted by Crippen LogP contribution is -2.38. The van der Waals surface area contributed by atoms with Crippen molar-refractivity contribution >= 4 is 51.5 Å². The van der Waals surface area contributed by atoms with Gasteiger partial charge in [-0.1, -0.05) is 18.2 Å². The van der Waals surface area contributed by atoms with Crippen molar-refractivity contribution < 1.29 is 4.39 Å². The highest BCUT2D eigenvalue weighted by Crippen LogP contribution is 2.13. The monoisotopic (exact) mass is 545 g/mol. The van der Waals surface area contributed by atoms with Gasteiger partial charge in [-0.3, -0.25) is 0 Å². The van der Waals surface area contributed by atoms with Gasteiger partial charge < -0.3 is 15.0 Å². The normalized spacial score (nSPS) is 11.3. The van der Waals surface area contributed by atoms with Crippen LogP contribution in [0.3, 0.4) is 0 Å². The Kier molecular flexibility index (Phi) is 8.49. The van der Waals surface area contributed by atoms with Crippen LogP contribution in [0.1, 0.15) is 18.2 Å². The SMILES string of the molecule is CCNC(=NCc1cn2cc(Br)ccc2n1)NCCc1ccccc1F.I. The van der Waals surface area contributed by atoms with Crippen molar-refractivity contribution in [3.63, 3.8) is 0 Å². The van der Waals surface area contributed by atoms with Crippen LogP contribution < -0.4 is 10.6 Å². The second-order valence-corrected chi connectivity index (χ2v) is 6.72. The first-order valence-electron chi connectivity index (χ1n) is 8.54. The van der Waals surface area contributed by atoms with E-state index in [1.54, 1.807) is 12.1 Å². The van der Waals surface area contributed by atoms with E-state index in [1.165, 1.54) is 6.07 Å². The van der Waals surface area contributed by atoms with E-state index in [4.69, 9.17) is 0 Å². The van der Waals surface area contributed by atoms with E-state index < -0.39 is 0 Å². The first-order chi connectivity index (χ1) is 12.7. The Morgan fingerprint density at radius 1 is 1.19 bits per heavy atom. The van der Waals surface area contributed by atoms with Gasteiger partial charge in [-0.05, 0) is 53.0 Å². The fourth-order valence-electron chi connectivity index (χ4n) is 2.61. The van der Waals surface area contributed by atoms with Crippen LogP contribution in [-0.4, -0.2) is 28.4 Å². The Hall–Kier alpha value is -1.68. The fourth-order valence-corrected chi connectivity index (χ4v) is 2.96. The van der Waals surface area contributed by atoms with Gasteiger partial charge >= 0.3 is 0 Å². The molecule has 5 nitrogen and oxygen atoms in total. The average Bonchev–Trinajstić information content (AvgIpc) is 3.03. The number of hydrogen-bond acceptors (Lipinski definition) is 2. The number of rotatable bonds is 6. The Morgan fingerprint density at radius 2 is 2.00 bits per heavy atom. The molecule has 0 aliphatic heterocycles. The lowest BCUT2D eigenvalue weighted by atomic mass is 10.1. The fraction of sp³-hybridized carbons (Fsp3) is 0.263. The number of fused-ring (bicyclic) bond motifs is 1. The predicted molar refractivity (Wildman–Crippen MR) is 121 cm³/mol. The zero-order chi connectivity index (χ0) is 18.4. The average molecular weight is 546 g/mol. The highest BCUT2D eigenvalue weighted by atomic mass is 127. The number of nitrogens with zero attached hydrogens (tertiary/aromatic N) is 3. The molecule has 2 heterocycles. The van der Waals surface area contributed by atoms with E-state index in [0.717, 1.165) is 22.4 Å². The number of imidazole rings is 1. The number of benzene rings is 1. The minimum Gasteiger partial charge on any atom is -0.357 e. The van der Waals surface area contributed by atoms with E-state index in [2.05, 4.69) is 36.5 Å². The molecule has 3 aromatic rings. The van der Waals surface area contributed by atoms with Gasteiger partial charge in [-0.2, -0.15) is 0 Å². The maximum absolute atomic E-state index is 13.7. The first-order valence-corrected chi connectivity index (χ1v) is 9.33. The quantitative estimate of drug-likeness (QED) is 0.278. The molecule has 0 saturated heterocycles. The van der Waals surface area contributed by atoms with Gasteiger partial charge in [0.2, 0.25) is 0 Å². The number of pyridine rings is 1. The van der Waals surface area contributed by atoms with Gasteiger partial charge in [-0.25, -0.2) is 14.4 Å². The molecular formula is C19H22BrFIN5. The van der Waals surface area contributed by atoms with Crippen molar-refractivity contribution in [2.75, 3.05) is 13.1 Å². The number of nitrogens with one attached hydrogen (secondary N) is 2. The molecule has 0 aliphatic rings. The van der Waals surface area contributed by atoms with Gasteiger partial charge in [-0.15, -0.1) is 24.0 Å². The third-order valence-electron chi connectivity index (χ3n) is 3.85. The molecular weight excluding hydrogens is 524 g/mol. The molecule has 0 radical (unpaired) electrons. The van der Waals surface area contributed by atoms with Crippen LogP contribution in [-0.2, 0) is 13.0 Å². The summed E-state index contributed by atoms with van der Waals surface area (Å²) in [6, 6.07) is 10.7. The van der Waals surface area contributed by atoms with Crippen LogP contribution in [0.15, 0.2) is 58.3 Å². The third-order valence-corrected chi connectivity index (χ3v) is 4.32. The molecule has 0 aliphatic carbocycles. The standard InChI is InChI=1S/C19H21BrFN5.HI/c1-2-22-19(23-10-9-14-5-3-4-6-17(14)21)24-11-16-13-26-12-15(20)7-8-18(26)25-16;/h3-8,12-13H,2,9-11H2,1H3,(H2,22,23,24);1H. The summed E-state index contributed by atoms with van der Waals surface area (Å²) in [6.45, 7) is 3.83. The summed E-state index contributed by atoms with van der Waals surface area (Å²) in [4.78, 5) is 9.12. The Morgan fingerprint density at radius 3 is 2.78 bits per heavy atom. The van der Waals surface area contributed by atoms with E-state index >= 15 is 0 Å². The summed E-state index contributed by atoms with van der Waals surface area (Å²) < 4.78 is 16.6. The van der Waals surface area contributed by atoms with Crippen LogP contribution in [0, 0.1) is 5.82 Å². The van der Waals surface area contributed by atoms with Crippen LogP contribution >= 0.6 is 39.9 Å². The van der Waals surface area contributed by atoms with Crippen molar-refractivity contribution in [3.8, 4) is 0 Å². The van der Waals surface area contributed by atoms with Crippen LogP contribution in [0.2, 0.25) is 0 Å². The van der Waals surface area contributed by atoms with Gasteiger partial charge in [0.05, 0.1) is 12.2 Å². The zero-order valence-electron chi connectivity index (χ0n) is 15.0. The summed E-state index contributed by atoms with van der Waals surface area (Å²) in [5.74, 6) is 0.522. The number of halogens is 3. The van der Waals surface area contributed by atoms with Crippen molar-refractivity contribution in [2.24, 2.45) is 4.99 Å². The Balaban J connectivity index is 0.00000261. The highest BCUT2D eigenvalue weighted by Gasteiger charge is 2.04. The van der Waals surface area contributed by atoms with Crippen molar-refractivity contribution in [2.45, 2.75) is 19.9 Å². The summed E-state index contributed by atoms with van der Waals surface area (Å²) in [5.41, 5.74) is 2.46. The van der Waals surface area contributed by atoms with Gasteiger partial charge in [0.1, 0.15) is 11.5 Å². The minimum atomic E-state index is -0.174. The molecule has 144 valence electrons. The molecule has 8 heteroatoms. The highest BCUT2D eigenvalue weighted by molar-refractivity contribution is 14.0. The molecule has 1 aromatic carbocycles. The van der Waals surface area contributed by atoms with Crippen molar-refractivity contribution in [3.05, 3.63) is 70.3 Å². The lowest BCUT2D eigenvalue weighted by molar-refractivity contribution is 0.606. The third kappa shape index (κ3) is 6.17. The summed E-state index contributed by atoms with van der Waals surface area (Å²) in [6.07, 6.45) is 4.53. The van der Waals surface area contributed by atoms with Crippen LogP contribution in [0.25, 0.3) is 5.65 Å². The molecule has 0 fully saturated rings. The molecule has 0 atom stereocenters. The number of aliphatic imine (C=N–C) groups is 1. The summed E-state index contributed by atoms with van der Waals surface area (Å²) in [5, 5.41) is 6.44. The molecule has 3 rings (SSSR count). The van der Waals surface area contributed by atoms with Crippen LogP contribution in [0.5, 0.6) is 0 Å². The van der Waals surface area contributed by atoms with Crippen molar-refractivity contribution in [1.29, 1.82) is 0 Å². The topological polar surface area (TPSA) is 53.7 Å². The number of guanidine groups is 1. The smallest absolute Gasteiger partial charge is 0.191 e. The van der Waals surface area contributed by atoms with E-state index in [1.807, 2.05) is 41.9 Å². The molecule has 2 N–H and O–H groups in total. The number of aromatic nitrogens is 2. The van der Waals surface area contributed by atoms with Crippen LogP contribution in [0.4, 0.5) is 4.39 Å². The molecule has 0 bridgehead atoms. The predicted octanol–water partition coefficient (Wildman–Crippen LogP) is 4.15. The summed E-state index contributed by atoms with van der Waals surface area (Å²) in [7, 11) is 0. The van der Waals surface area contributed by atoms with Gasteiger partial charge in [0.15, 0.2) is 5.96 Å². The Bertz CT molecular complexity index is 912. The zero-order valence-corrected chi connectivity index (χ0v) is 18.9. The molecule has 0 unspecified atom stereocenters. The molecule has 2 aromatic heterocycles. The minimum absolute atomic E-state index is 0. The maximum Gasteiger partial charge on any atom is 0.191 e. The van der Waals surface area contributed by atoms with Crippen molar-refractivity contribution in [1.82, 2.24) is 20.0 Å². The lowest BCUT2D eigenvalue weighted by Gasteiger charge is -2.11. The second kappa shape index (κ2) is 10.6. The second-order valence-electron chi connectivity index (χ2n) is 5.81. The van der Waals surface area contributed by atoms with E-state index in [0.29, 0.717) is 31.0 Å². The van der Waals surface area contributed by atoms with Gasteiger partial charge in [0.25, 0.3) is 0 Å². The van der Waals surface area contributed by atoms with E-state index in [9.17, 15) is 4.39 Å². The summed E-state index contributed by atoms with van der Waals surface area (Å²) >= 11 is 3.45. The number of hydrogen-bond donors (Lipinski definition) is 2. The molecule has 27 heavy (non-hydrogen) atoms. The van der Waals surface area contributed by atoms with Gasteiger partial charge in [0, 0.05) is 30.0 Å². The largest absolute Gasteiger partial charge is 0.357 e. The molecule has 0 spiro atoms. The molecule has 0 amide bonds.